The first-order valence-electron chi connectivity index (χ1n) is 11.9. The highest BCUT2D eigenvalue weighted by molar-refractivity contribution is 6.57. The van der Waals surface area contributed by atoms with Crippen molar-refractivity contribution in [3.05, 3.63) is 69.7 Å². The van der Waals surface area contributed by atoms with Crippen LogP contribution in [0.4, 0.5) is 8.78 Å². The second-order valence-electron chi connectivity index (χ2n) is 10.4. The summed E-state index contributed by atoms with van der Waals surface area (Å²) in [6.45, 7) is 0.0951. The van der Waals surface area contributed by atoms with Gasteiger partial charge in [0.05, 0.1) is 5.44 Å². The number of nitrogens with one attached hydrogen (secondary N) is 2. The fraction of sp³-hybridized carbons (Fsp3) is 0.273. The molecule has 3 unspecified atom stereocenters. The van der Waals surface area contributed by atoms with Gasteiger partial charge in [-0.3, -0.25) is 24.5 Å². The summed E-state index contributed by atoms with van der Waals surface area (Å²) >= 11 is 5.76. The third-order valence-corrected chi connectivity index (χ3v) is 8.47. The molecule has 0 bridgehead atoms. The van der Waals surface area contributed by atoms with Crippen LogP contribution in [0.15, 0.2) is 42.5 Å². The number of imide groups is 1. The quantitative estimate of drug-likeness (QED) is 0.340. The van der Waals surface area contributed by atoms with Crippen LogP contribution in [-0.4, -0.2) is 73.2 Å². The smallest absolute Gasteiger partial charge is 0.349 e. The summed E-state index contributed by atoms with van der Waals surface area (Å²) in [5, 5.41) is 4.14. The Labute approximate surface area is 222 Å². The van der Waals surface area contributed by atoms with Crippen LogP contribution in [0.5, 0.6) is 0 Å². The minimum Gasteiger partial charge on any atom is -0.352 e. The molecule has 3 atom stereocenters. The summed E-state index contributed by atoms with van der Waals surface area (Å²) in [7, 11) is 8.51. The molecule has 15 heteroatoms. The van der Waals surface area contributed by atoms with Gasteiger partial charge >= 0.3 is 5.92 Å². The van der Waals surface area contributed by atoms with Gasteiger partial charge in [-0.2, -0.15) is 8.78 Å². The van der Waals surface area contributed by atoms with Crippen molar-refractivity contribution in [2.24, 2.45) is 0 Å². The van der Waals surface area contributed by atoms with Gasteiger partial charge in [0.15, 0.2) is 0 Å². The lowest BCUT2D eigenvalue weighted by atomic mass is 9.31. The van der Waals surface area contributed by atoms with Crippen LogP contribution in [-0.2, 0) is 26.9 Å². The predicted octanol–water partition coefficient (Wildman–Crippen LogP) is -2.37. The van der Waals surface area contributed by atoms with Crippen LogP contribution in [0.1, 0.15) is 33.0 Å². The van der Waals surface area contributed by atoms with Gasteiger partial charge in [-0.25, -0.2) is 0 Å². The van der Waals surface area contributed by atoms with Crippen LogP contribution < -0.4 is 10.6 Å². The lowest BCUT2D eigenvalue weighted by Gasteiger charge is -2.54. The number of carbonyl (C=O) groups excluding carboxylic acids is 4. The van der Waals surface area contributed by atoms with E-state index < -0.39 is 45.7 Å². The van der Waals surface area contributed by atoms with E-state index in [1.165, 1.54) is 17.0 Å². The fourth-order valence-corrected chi connectivity index (χ4v) is 5.11. The average molecular weight is 521 g/mol. The Balaban J connectivity index is 1.57. The number of rotatable bonds is 5. The van der Waals surface area contributed by atoms with Crippen molar-refractivity contribution in [2.75, 3.05) is 0 Å². The van der Waals surface area contributed by atoms with Gasteiger partial charge in [0.25, 0.3) is 11.8 Å². The SMILES string of the molecule is BC(NC(=O)C(F)(F)c1ccc(Cl)cc1)c1ccc2c(c1)CN(C1(B)C(=O)NC(=O)C(B)C1(B)B)C2=O. The molecule has 1 saturated heterocycles. The van der Waals surface area contributed by atoms with Gasteiger partial charge in [-0.05, 0) is 29.3 Å². The van der Waals surface area contributed by atoms with E-state index in [1.807, 2.05) is 0 Å². The van der Waals surface area contributed by atoms with Crippen molar-refractivity contribution in [3.63, 3.8) is 0 Å². The Morgan fingerprint density at radius 1 is 1.14 bits per heavy atom. The Hall–Kier alpha value is -3.01. The second kappa shape index (κ2) is 9.08. The number of carbonyl (C=O) groups is 4. The number of halogens is 3. The average Bonchev–Trinajstić information content (AvgIpc) is 3.18. The summed E-state index contributed by atoms with van der Waals surface area (Å²) < 4.78 is 29.5. The molecule has 0 saturated carbocycles. The molecule has 2 aliphatic heterocycles. The monoisotopic (exact) mass is 521 g/mol. The summed E-state index contributed by atoms with van der Waals surface area (Å²) in [4.78, 5) is 52.6. The minimum atomic E-state index is -3.77. The van der Waals surface area contributed by atoms with Gasteiger partial charge in [0.1, 0.15) is 39.2 Å². The number of nitrogens with zero attached hydrogens (tertiary/aromatic N) is 1. The molecule has 0 aliphatic carbocycles. The molecule has 0 aromatic heterocycles. The first-order valence-corrected chi connectivity index (χ1v) is 12.2. The lowest BCUT2D eigenvalue weighted by molar-refractivity contribution is -0.147. The van der Waals surface area contributed by atoms with E-state index in [-0.39, 0.29) is 23.4 Å². The number of hydrogen-bond donors (Lipinski definition) is 2. The summed E-state index contributed by atoms with van der Waals surface area (Å²) in [5.41, 5.74) is -0.289. The van der Waals surface area contributed by atoms with Crippen molar-refractivity contribution in [3.8, 4) is 0 Å². The maximum atomic E-state index is 14.7. The molecule has 4 amide bonds. The van der Waals surface area contributed by atoms with Crippen molar-refractivity contribution < 1.29 is 28.0 Å². The number of fused-ring (bicyclic) bond motifs is 1. The van der Waals surface area contributed by atoms with Gasteiger partial charge < -0.3 is 10.2 Å². The highest BCUT2D eigenvalue weighted by atomic mass is 35.5. The van der Waals surface area contributed by atoms with Gasteiger partial charge in [-0.15, -0.1) is 0 Å². The summed E-state index contributed by atoms with van der Waals surface area (Å²) in [5.74, 6) is -7.86. The Morgan fingerprint density at radius 2 is 1.76 bits per heavy atom. The molecule has 2 N–H and O–H groups in total. The lowest BCUT2D eigenvalue weighted by Crippen LogP contribution is -2.72. The van der Waals surface area contributed by atoms with Crippen LogP contribution in [0.2, 0.25) is 16.1 Å². The zero-order chi connectivity index (χ0) is 27.5. The Morgan fingerprint density at radius 3 is 2.38 bits per heavy atom. The molecule has 0 radical (unpaired) electrons. The Kier molecular flexibility index (Phi) is 6.63. The van der Waals surface area contributed by atoms with Gasteiger partial charge in [0.2, 0.25) is 11.8 Å². The van der Waals surface area contributed by atoms with Gasteiger partial charge in [0, 0.05) is 34.5 Å². The highest BCUT2D eigenvalue weighted by Gasteiger charge is 2.60. The van der Waals surface area contributed by atoms with E-state index in [0.29, 0.717) is 16.7 Å². The van der Waals surface area contributed by atoms with Crippen LogP contribution in [0.3, 0.4) is 0 Å². The molecule has 0 spiro atoms. The maximum absolute atomic E-state index is 14.7. The van der Waals surface area contributed by atoms with Crippen LogP contribution in [0, 0.1) is 0 Å². The second-order valence-corrected chi connectivity index (χ2v) is 10.9. The van der Waals surface area contributed by atoms with E-state index in [9.17, 15) is 28.0 Å². The van der Waals surface area contributed by atoms with Crippen LogP contribution in [0.25, 0.3) is 0 Å². The van der Waals surface area contributed by atoms with Crippen molar-refractivity contribution in [2.45, 2.75) is 34.9 Å². The topological polar surface area (TPSA) is 95.6 Å². The maximum Gasteiger partial charge on any atom is 0.349 e. The normalized spacial score (nSPS) is 23.8. The molecule has 4 rings (SSSR count). The molecule has 7 nitrogen and oxygen atoms in total. The van der Waals surface area contributed by atoms with Crippen molar-refractivity contribution in [1.82, 2.24) is 15.5 Å². The largest absolute Gasteiger partial charge is 0.352 e. The third kappa shape index (κ3) is 4.19. The summed E-state index contributed by atoms with van der Waals surface area (Å²) in [6, 6.07) is 9.60. The fourth-order valence-electron chi connectivity index (χ4n) is 4.99. The van der Waals surface area contributed by atoms with E-state index in [1.54, 1.807) is 57.4 Å². The molecule has 1 fully saturated rings. The molecule has 2 aliphatic rings. The van der Waals surface area contributed by atoms with E-state index in [4.69, 9.17) is 11.6 Å². The summed E-state index contributed by atoms with van der Waals surface area (Å²) in [6.07, 6.45) is 0. The highest BCUT2D eigenvalue weighted by Crippen LogP contribution is 2.49. The minimum absolute atomic E-state index is 0.0951. The van der Waals surface area contributed by atoms with E-state index in [2.05, 4.69) is 10.6 Å². The van der Waals surface area contributed by atoms with E-state index >= 15 is 0 Å². The Bertz CT molecular complexity index is 1330. The molecule has 2 aromatic rings. The third-order valence-electron chi connectivity index (χ3n) is 8.22. The molecular formula is C22H23B5ClF2N3O4. The van der Waals surface area contributed by atoms with Crippen molar-refractivity contribution >= 4 is 74.5 Å². The van der Waals surface area contributed by atoms with E-state index in [0.717, 1.165) is 12.1 Å². The molecular weight excluding hydrogens is 498 g/mol. The van der Waals surface area contributed by atoms with Crippen LogP contribution >= 0.6 is 11.6 Å². The molecule has 37 heavy (non-hydrogen) atoms. The molecule has 2 aromatic carbocycles. The first kappa shape index (κ1) is 27.0. The van der Waals surface area contributed by atoms with Gasteiger partial charge in [-0.1, -0.05) is 41.1 Å². The zero-order valence-electron chi connectivity index (χ0n) is 21.1. The predicted molar refractivity (Wildman–Crippen MR) is 148 cm³/mol. The first-order chi connectivity index (χ1) is 17.1. The number of alkyl halides is 2. The number of hydrogen-bond acceptors (Lipinski definition) is 4. The zero-order valence-corrected chi connectivity index (χ0v) is 21.9. The number of benzene rings is 2. The number of piperidine rings is 1. The standard InChI is InChI=1S/C22H23B5ClF2N3O4/c23-14-16(34)32-19(37)22(27,21(14,25)26)33-8-10-7-9(1-6-13(10)17(33)35)15(24)31-18(36)20(29,30)11-2-4-12(28)5-3-11/h1-7,14-15H,8,23-27H2,(H,31,36)(H,32,34,37). The number of amides is 4. The molecule has 2 heterocycles. The van der Waals surface area contributed by atoms with Crippen molar-refractivity contribution in [1.29, 1.82) is 0 Å². The molecule has 186 valence electrons.